The minimum absolute atomic E-state index is 0.105. The Morgan fingerprint density at radius 1 is 0.773 bits per heavy atom. The summed E-state index contributed by atoms with van der Waals surface area (Å²) >= 11 is 2.12. The predicted octanol–water partition coefficient (Wildman–Crippen LogP) is 6.55. The highest BCUT2D eigenvalue weighted by Crippen LogP contribution is 2.59. The molecule has 1 aliphatic rings. The van der Waals surface area contributed by atoms with Gasteiger partial charge in [-0.1, -0.05) is 41.5 Å². The van der Waals surface area contributed by atoms with Gasteiger partial charge in [-0.05, 0) is 53.4 Å². The van der Waals surface area contributed by atoms with E-state index < -0.39 is 0 Å². The Kier molecular flexibility index (Phi) is 5.50. The first-order valence-corrected chi connectivity index (χ1v) is 9.72. The van der Waals surface area contributed by atoms with Crippen molar-refractivity contribution < 1.29 is 0 Å². The van der Waals surface area contributed by atoms with Crippen molar-refractivity contribution in [2.75, 3.05) is 0 Å². The molecule has 130 valence electrons. The van der Waals surface area contributed by atoms with Crippen LogP contribution in [0.4, 0.5) is 0 Å². The number of hydrogen-bond acceptors (Lipinski definition) is 2. The Morgan fingerprint density at radius 3 is 1.55 bits per heavy atom. The molecule has 0 saturated heterocycles. The van der Waals surface area contributed by atoms with E-state index in [2.05, 4.69) is 99.7 Å². The van der Waals surface area contributed by atoms with Gasteiger partial charge in [0, 0.05) is 32.3 Å². The first-order chi connectivity index (χ1) is 9.68. The van der Waals surface area contributed by atoms with Gasteiger partial charge in [0.1, 0.15) is 0 Å². The summed E-state index contributed by atoms with van der Waals surface area (Å²) in [6.07, 6.45) is 0. The van der Waals surface area contributed by atoms with Gasteiger partial charge >= 0.3 is 0 Å². The molecular weight excluding hydrogens is 286 g/mol. The van der Waals surface area contributed by atoms with E-state index in [1.165, 1.54) is 0 Å². The maximum Gasteiger partial charge on any atom is 0.0410 e. The van der Waals surface area contributed by atoms with Gasteiger partial charge in [-0.25, -0.2) is 0 Å². The minimum Gasteiger partial charge on any atom is -0.366 e. The second-order valence-corrected chi connectivity index (χ2v) is 11.0. The van der Waals surface area contributed by atoms with Crippen molar-refractivity contribution in [3.05, 3.63) is 10.6 Å². The molecule has 0 aromatic heterocycles. The Hall–Kier alpha value is -0.110. The molecule has 1 heterocycles. The smallest absolute Gasteiger partial charge is 0.0410 e. The van der Waals surface area contributed by atoms with E-state index in [1.807, 2.05) is 0 Å². The van der Waals surface area contributed by atoms with Gasteiger partial charge < -0.3 is 4.90 Å². The summed E-state index contributed by atoms with van der Waals surface area (Å²) in [5, 5.41) is 0. The normalized spacial score (nSPS) is 24.4. The van der Waals surface area contributed by atoms with Gasteiger partial charge in [0.15, 0.2) is 0 Å². The molecule has 2 heteroatoms. The van der Waals surface area contributed by atoms with Crippen LogP contribution in [0.1, 0.15) is 83.1 Å². The average molecular weight is 326 g/mol. The van der Waals surface area contributed by atoms with E-state index in [4.69, 9.17) is 0 Å². The zero-order chi connectivity index (χ0) is 17.7. The van der Waals surface area contributed by atoms with E-state index in [0.717, 1.165) is 0 Å². The van der Waals surface area contributed by atoms with Crippen LogP contribution in [-0.2, 0) is 0 Å². The summed E-state index contributed by atoms with van der Waals surface area (Å²) in [6.45, 7) is 28.8. The minimum atomic E-state index is 0.105. The number of rotatable bonds is 3. The van der Waals surface area contributed by atoms with Gasteiger partial charge in [-0.3, -0.25) is 0 Å². The molecule has 1 aliphatic heterocycles. The third kappa shape index (κ3) is 2.97. The Labute approximate surface area is 144 Å². The van der Waals surface area contributed by atoms with E-state index in [9.17, 15) is 0 Å². The quantitative estimate of drug-likeness (QED) is 0.578. The molecule has 0 aromatic rings. The van der Waals surface area contributed by atoms with Crippen molar-refractivity contribution >= 4 is 11.8 Å². The fourth-order valence-electron chi connectivity index (χ4n) is 3.81. The fourth-order valence-corrected chi connectivity index (χ4v) is 5.54. The Morgan fingerprint density at radius 2 is 1.23 bits per heavy atom. The molecule has 0 atom stereocenters. The van der Waals surface area contributed by atoms with Crippen LogP contribution in [0.25, 0.3) is 0 Å². The van der Waals surface area contributed by atoms with Crippen molar-refractivity contribution in [2.45, 2.75) is 99.4 Å². The summed E-state index contributed by atoms with van der Waals surface area (Å²) in [7, 11) is 0. The van der Waals surface area contributed by atoms with Crippen molar-refractivity contribution in [1.82, 2.24) is 4.90 Å². The molecule has 1 rings (SSSR count). The third-order valence-electron chi connectivity index (χ3n) is 6.10. The van der Waals surface area contributed by atoms with Crippen LogP contribution >= 0.6 is 11.8 Å². The zero-order valence-corrected chi connectivity index (χ0v) is 17.9. The molecule has 0 aromatic carbocycles. The van der Waals surface area contributed by atoms with E-state index >= 15 is 0 Å². The summed E-state index contributed by atoms with van der Waals surface area (Å²) in [5.41, 5.74) is 1.86. The van der Waals surface area contributed by atoms with Crippen LogP contribution in [0.15, 0.2) is 10.6 Å². The average Bonchev–Trinajstić information content (AvgIpc) is 2.34. The molecule has 22 heavy (non-hydrogen) atoms. The number of nitrogens with zero attached hydrogens (tertiary/aromatic N) is 1. The first-order valence-electron chi connectivity index (χ1n) is 8.91. The second-order valence-electron chi connectivity index (χ2n) is 9.32. The van der Waals surface area contributed by atoms with Crippen molar-refractivity contribution in [2.24, 2.45) is 17.3 Å². The summed E-state index contributed by atoms with van der Waals surface area (Å²) in [5.74, 6) is 1.13. The highest BCUT2D eigenvalue weighted by Gasteiger charge is 2.55. The van der Waals surface area contributed by atoms with E-state index in [-0.39, 0.29) is 15.7 Å². The van der Waals surface area contributed by atoms with Gasteiger partial charge in [0.25, 0.3) is 0 Å². The zero-order valence-electron chi connectivity index (χ0n) is 17.1. The molecule has 0 unspecified atom stereocenters. The number of hydrogen-bond donors (Lipinski definition) is 0. The van der Waals surface area contributed by atoms with Crippen LogP contribution in [0.2, 0.25) is 0 Å². The van der Waals surface area contributed by atoms with E-state index in [0.29, 0.717) is 17.9 Å². The van der Waals surface area contributed by atoms with Crippen LogP contribution < -0.4 is 0 Å². The fraction of sp³-hybridized carbons (Fsp3) is 0.900. The molecule has 0 N–H and O–H groups in total. The van der Waals surface area contributed by atoms with Crippen LogP contribution in [0.5, 0.6) is 0 Å². The highest BCUT2D eigenvalue weighted by atomic mass is 32.2. The molecule has 0 bridgehead atoms. The van der Waals surface area contributed by atoms with Crippen LogP contribution in [0.3, 0.4) is 0 Å². The third-order valence-corrected chi connectivity index (χ3v) is 8.02. The van der Waals surface area contributed by atoms with Crippen molar-refractivity contribution in [1.29, 1.82) is 0 Å². The first kappa shape index (κ1) is 19.9. The van der Waals surface area contributed by atoms with Gasteiger partial charge in [0.2, 0.25) is 0 Å². The summed E-state index contributed by atoms with van der Waals surface area (Å²) < 4.78 is 0.194. The largest absolute Gasteiger partial charge is 0.366 e. The lowest BCUT2D eigenvalue weighted by atomic mass is 9.65. The summed E-state index contributed by atoms with van der Waals surface area (Å²) in [4.78, 5) is 4.32. The Balaban J connectivity index is 3.77. The molecule has 0 amide bonds. The maximum atomic E-state index is 2.73. The molecular formula is C20H39NS. The van der Waals surface area contributed by atoms with Crippen molar-refractivity contribution in [3.63, 3.8) is 0 Å². The van der Waals surface area contributed by atoms with E-state index in [1.54, 1.807) is 10.6 Å². The SMILES string of the molecule is CC(C)C1=C(C(C)C)N(C(C)C)C(C)(C)C(C)(C)C(C)(C)S1. The predicted molar refractivity (Wildman–Crippen MR) is 103 cm³/mol. The van der Waals surface area contributed by atoms with Gasteiger partial charge in [0.05, 0.1) is 0 Å². The lowest BCUT2D eigenvalue weighted by Crippen LogP contribution is -2.61. The molecule has 0 spiro atoms. The lowest BCUT2D eigenvalue weighted by molar-refractivity contribution is -0.00575. The van der Waals surface area contributed by atoms with Crippen molar-refractivity contribution in [3.8, 4) is 0 Å². The standard InChI is InChI=1S/C20H39NS/c1-13(2)16-17(14(3)4)22-20(11,12)18(7,8)19(9,10)21(16)15(5)6/h13-15H,1-12H3. The molecule has 1 nitrogen and oxygen atoms in total. The molecule has 0 fully saturated rings. The maximum absolute atomic E-state index is 2.73. The molecule has 0 saturated carbocycles. The topological polar surface area (TPSA) is 3.24 Å². The number of thioether (sulfide) groups is 1. The Bertz CT molecular complexity index is 439. The molecule has 0 radical (unpaired) electrons. The van der Waals surface area contributed by atoms with Gasteiger partial charge in [-0.2, -0.15) is 0 Å². The highest BCUT2D eigenvalue weighted by molar-refractivity contribution is 8.04. The second kappa shape index (κ2) is 6.07. The monoisotopic (exact) mass is 325 g/mol. The van der Waals surface area contributed by atoms with Crippen LogP contribution in [0, 0.1) is 17.3 Å². The number of allylic oxidation sites excluding steroid dienone is 2. The van der Waals surface area contributed by atoms with Gasteiger partial charge in [-0.15, -0.1) is 11.8 Å². The summed E-state index contributed by atoms with van der Waals surface area (Å²) in [6, 6.07) is 0.509. The lowest BCUT2D eigenvalue weighted by Gasteiger charge is -2.57. The van der Waals surface area contributed by atoms with Crippen LogP contribution in [-0.4, -0.2) is 21.2 Å². The molecule has 0 aliphatic carbocycles.